The number of hydrogen-bond donors (Lipinski definition) is 1. The number of esters is 1. The van der Waals surface area contributed by atoms with Gasteiger partial charge in [-0.15, -0.1) is 0 Å². The summed E-state index contributed by atoms with van der Waals surface area (Å²) in [6.45, 7) is 6.03. The monoisotopic (exact) mass is 276 g/mol. The molecule has 0 amide bonds. The molecule has 2 bridgehead atoms. The molecule has 1 atom stereocenters. The summed E-state index contributed by atoms with van der Waals surface area (Å²) in [5.41, 5.74) is 0.611. The molecule has 20 heavy (non-hydrogen) atoms. The zero-order valence-corrected chi connectivity index (χ0v) is 11.9. The van der Waals surface area contributed by atoms with Crippen LogP contribution in [0.5, 0.6) is 5.75 Å². The first-order valence-corrected chi connectivity index (χ1v) is 7.53. The topological polar surface area (TPSA) is 40.0 Å². The molecule has 0 unspecified atom stereocenters. The van der Waals surface area contributed by atoms with E-state index in [1.54, 1.807) is 17.0 Å². The third-order valence-corrected chi connectivity index (χ3v) is 4.41. The number of carbonyl (C=O) groups excluding carboxylic acids is 1. The van der Waals surface area contributed by atoms with E-state index in [9.17, 15) is 4.79 Å². The number of rotatable bonds is 4. The van der Waals surface area contributed by atoms with E-state index < -0.39 is 0 Å². The highest BCUT2D eigenvalue weighted by Gasteiger charge is 2.39. The SMILES string of the molecule is CCOc1ccc(C(=O)O[C@@H]2C[NH+]3CCC2CC3)cc1. The first kappa shape index (κ1) is 13.4. The molecule has 4 rings (SSSR count). The van der Waals surface area contributed by atoms with E-state index in [1.165, 1.54) is 25.9 Å². The van der Waals surface area contributed by atoms with E-state index in [-0.39, 0.29) is 12.1 Å². The molecular formula is C16H22NO3+. The molecule has 4 heteroatoms. The van der Waals surface area contributed by atoms with E-state index in [2.05, 4.69) is 0 Å². The Hall–Kier alpha value is -1.55. The second-order valence-electron chi connectivity index (χ2n) is 5.69. The maximum Gasteiger partial charge on any atom is 0.338 e. The van der Waals surface area contributed by atoms with E-state index >= 15 is 0 Å². The van der Waals surface area contributed by atoms with Gasteiger partial charge in [-0.3, -0.25) is 0 Å². The fourth-order valence-electron chi connectivity index (χ4n) is 3.27. The molecule has 4 nitrogen and oxygen atoms in total. The number of benzene rings is 1. The number of piperidine rings is 3. The minimum Gasteiger partial charge on any atom is -0.494 e. The highest BCUT2D eigenvalue weighted by Crippen LogP contribution is 2.22. The number of fused-ring (bicyclic) bond motifs is 3. The number of nitrogens with one attached hydrogen (secondary N) is 1. The van der Waals surface area contributed by atoms with Gasteiger partial charge < -0.3 is 14.4 Å². The lowest BCUT2D eigenvalue weighted by Crippen LogP contribution is -3.16. The molecule has 3 heterocycles. The van der Waals surface area contributed by atoms with Gasteiger partial charge in [-0.05, 0) is 31.2 Å². The summed E-state index contributed by atoms with van der Waals surface area (Å²) in [6, 6.07) is 7.20. The van der Waals surface area contributed by atoms with Gasteiger partial charge in [0.05, 0.1) is 25.3 Å². The molecule has 3 aliphatic rings. The van der Waals surface area contributed by atoms with Crippen LogP contribution in [0.25, 0.3) is 0 Å². The van der Waals surface area contributed by atoms with Crippen LogP contribution in [0, 0.1) is 5.92 Å². The molecule has 1 aromatic carbocycles. The summed E-state index contributed by atoms with van der Waals surface area (Å²) in [5.74, 6) is 1.15. The Balaban J connectivity index is 1.61. The van der Waals surface area contributed by atoms with Crippen LogP contribution in [0.15, 0.2) is 24.3 Å². The van der Waals surface area contributed by atoms with Gasteiger partial charge in [-0.2, -0.15) is 0 Å². The van der Waals surface area contributed by atoms with Crippen molar-refractivity contribution in [3.8, 4) is 5.75 Å². The molecule has 0 spiro atoms. The summed E-state index contributed by atoms with van der Waals surface area (Å²) in [4.78, 5) is 13.8. The summed E-state index contributed by atoms with van der Waals surface area (Å²) >= 11 is 0. The lowest BCUT2D eigenvalue weighted by atomic mass is 9.86. The molecule has 1 N–H and O–H groups in total. The minimum absolute atomic E-state index is 0.103. The number of carbonyl (C=O) groups is 1. The first-order valence-electron chi connectivity index (χ1n) is 7.53. The number of hydrogen-bond acceptors (Lipinski definition) is 3. The summed E-state index contributed by atoms with van der Waals surface area (Å²) in [7, 11) is 0. The Bertz CT molecular complexity index is 463. The molecule has 1 aromatic rings. The first-order chi connectivity index (χ1) is 9.76. The van der Waals surface area contributed by atoms with Gasteiger partial charge in [-0.25, -0.2) is 4.79 Å². The largest absolute Gasteiger partial charge is 0.494 e. The van der Waals surface area contributed by atoms with Crippen molar-refractivity contribution < 1.29 is 19.2 Å². The van der Waals surface area contributed by atoms with Crippen molar-refractivity contribution in [2.24, 2.45) is 5.92 Å². The van der Waals surface area contributed by atoms with Gasteiger partial charge in [0.2, 0.25) is 0 Å². The van der Waals surface area contributed by atoms with Gasteiger partial charge in [-0.1, -0.05) is 0 Å². The normalized spacial score (nSPS) is 28.1. The van der Waals surface area contributed by atoms with Gasteiger partial charge in [0.15, 0.2) is 6.10 Å². The fraction of sp³-hybridized carbons (Fsp3) is 0.562. The van der Waals surface area contributed by atoms with Crippen molar-refractivity contribution in [1.82, 2.24) is 0 Å². The Kier molecular flexibility index (Phi) is 3.92. The van der Waals surface area contributed by atoms with Crippen LogP contribution in [0.1, 0.15) is 30.1 Å². The third-order valence-electron chi connectivity index (χ3n) is 4.41. The maximum atomic E-state index is 12.2. The van der Waals surface area contributed by atoms with Crippen molar-refractivity contribution in [2.45, 2.75) is 25.9 Å². The average Bonchev–Trinajstić information content (AvgIpc) is 2.49. The second kappa shape index (κ2) is 5.83. The van der Waals surface area contributed by atoms with Crippen LogP contribution < -0.4 is 9.64 Å². The Morgan fingerprint density at radius 1 is 1.25 bits per heavy atom. The highest BCUT2D eigenvalue weighted by atomic mass is 16.5. The number of quaternary nitrogens is 1. The standard InChI is InChI=1S/C16H21NO3/c1-2-19-14-5-3-13(4-6-14)16(18)20-15-11-17-9-7-12(15)8-10-17/h3-6,12,15H,2,7-11H2,1H3/p+1/t15-/m1/s1. The van der Waals surface area contributed by atoms with E-state index in [0.29, 0.717) is 18.1 Å². The molecule has 0 aliphatic carbocycles. The molecule has 3 saturated heterocycles. The molecule has 108 valence electrons. The summed E-state index contributed by atoms with van der Waals surface area (Å²) in [5, 5.41) is 0. The molecule has 3 aliphatic heterocycles. The Labute approximate surface area is 119 Å². The number of ether oxygens (including phenoxy) is 2. The average molecular weight is 276 g/mol. The fourth-order valence-corrected chi connectivity index (χ4v) is 3.27. The second-order valence-corrected chi connectivity index (χ2v) is 5.69. The minimum atomic E-state index is -0.203. The van der Waals surface area contributed by atoms with Crippen LogP contribution in [-0.4, -0.2) is 38.3 Å². The molecule has 0 aromatic heterocycles. The maximum absolute atomic E-state index is 12.2. The lowest BCUT2D eigenvalue weighted by molar-refractivity contribution is -0.920. The Morgan fingerprint density at radius 3 is 2.50 bits per heavy atom. The van der Waals surface area contributed by atoms with E-state index in [4.69, 9.17) is 9.47 Å². The van der Waals surface area contributed by atoms with Gasteiger partial charge >= 0.3 is 5.97 Å². The van der Waals surface area contributed by atoms with E-state index in [1.807, 2.05) is 19.1 Å². The zero-order chi connectivity index (χ0) is 13.9. The van der Waals surface area contributed by atoms with Crippen LogP contribution in [0.2, 0.25) is 0 Å². The predicted molar refractivity (Wildman–Crippen MR) is 75.1 cm³/mol. The van der Waals surface area contributed by atoms with Crippen molar-refractivity contribution in [3.05, 3.63) is 29.8 Å². The van der Waals surface area contributed by atoms with Crippen molar-refractivity contribution in [2.75, 3.05) is 26.2 Å². The highest BCUT2D eigenvalue weighted by molar-refractivity contribution is 5.89. The van der Waals surface area contributed by atoms with Gasteiger partial charge in [0.1, 0.15) is 12.3 Å². The van der Waals surface area contributed by atoms with Crippen molar-refractivity contribution in [3.63, 3.8) is 0 Å². The van der Waals surface area contributed by atoms with Crippen molar-refractivity contribution in [1.29, 1.82) is 0 Å². The summed E-state index contributed by atoms with van der Waals surface area (Å²) in [6.07, 6.45) is 2.49. The van der Waals surface area contributed by atoms with Crippen LogP contribution in [0.3, 0.4) is 0 Å². The molecular weight excluding hydrogens is 254 g/mol. The lowest BCUT2D eigenvalue weighted by Gasteiger charge is -2.41. The quantitative estimate of drug-likeness (QED) is 0.831. The summed E-state index contributed by atoms with van der Waals surface area (Å²) < 4.78 is 11.1. The molecule has 3 fully saturated rings. The van der Waals surface area contributed by atoms with Crippen LogP contribution in [0.4, 0.5) is 0 Å². The third kappa shape index (κ3) is 2.80. The smallest absolute Gasteiger partial charge is 0.338 e. The Morgan fingerprint density at radius 2 is 1.95 bits per heavy atom. The van der Waals surface area contributed by atoms with Crippen LogP contribution in [-0.2, 0) is 4.74 Å². The van der Waals surface area contributed by atoms with E-state index in [0.717, 1.165) is 12.3 Å². The van der Waals surface area contributed by atoms with Gasteiger partial charge in [0, 0.05) is 18.8 Å². The van der Waals surface area contributed by atoms with Crippen LogP contribution >= 0.6 is 0 Å². The zero-order valence-electron chi connectivity index (χ0n) is 11.9. The molecule has 0 radical (unpaired) electrons. The van der Waals surface area contributed by atoms with Crippen molar-refractivity contribution >= 4 is 5.97 Å². The van der Waals surface area contributed by atoms with Gasteiger partial charge in [0.25, 0.3) is 0 Å². The predicted octanol–water partition coefficient (Wildman–Crippen LogP) is 0.919. The molecule has 0 saturated carbocycles.